The van der Waals surface area contributed by atoms with Crippen LogP contribution in [0.1, 0.15) is 10.4 Å². The molecule has 0 bridgehead atoms. The number of para-hydroxylation sites is 1. The number of carbonyl (C=O) groups excluding carboxylic acids is 1. The zero-order valence-electron chi connectivity index (χ0n) is 9.95. The molecular formula is C12H18NO3+. The molecule has 88 valence electrons. The molecule has 0 unspecified atom stereocenters. The maximum absolute atomic E-state index is 10.9. The summed E-state index contributed by atoms with van der Waals surface area (Å²) in [5, 5.41) is 0. The lowest BCUT2D eigenvalue weighted by atomic mass is 10.2. The Morgan fingerprint density at radius 1 is 1.38 bits per heavy atom. The molecule has 0 radical (unpaired) electrons. The van der Waals surface area contributed by atoms with Crippen LogP contribution in [0, 0.1) is 0 Å². The van der Waals surface area contributed by atoms with Gasteiger partial charge in [-0.3, -0.25) is 4.79 Å². The second-order valence-corrected chi connectivity index (χ2v) is 3.80. The standard InChI is InChI=1S/C12H17NO3/c1-13(2)7-8-16-12-10(9-14)5-4-6-11(12)15-3/h4-6,9H,7-8H2,1-3H3/p+1. The average Bonchev–Trinajstić information content (AvgIpc) is 2.28. The van der Waals surface area contributed by atoms with Crippen molar-refractivity contribution < 1.29 is 19.2 Å². The summed E-state index contributed by atoms with van der Waals surface area (Å²) in [6.45, 7) is 1.43. The van der Waals surface area contributed by atoms with Gasteiger partial charge in [-0.05, 0) is 12.1 Å². The number of aldehydes is 1. The number of nitrogens with one attached hydrogen (secondary N) is 1. The normalized spacial score (nSPS) is 10.2. The van der Waals surface area contributed by atoms with Crippen LogP contribution in [0.15, 0.2) is 18.2 Å². The third-order valence-corrected chi connectivity index (χ3v) is 2.20. The molecule has 16 heavy (non-hydrogen) atoms. The van der Waals surface area contributed by atoms with Gasteiger partial charge < -0.3 is 14.4 Å². The van der Waals surface area contributed by atoms with Crippen LogP contribution < -0.4 is 14.4 Å². The van der Waals surface area contributed by atoms with Crippen molar-refractivity contribution in [3.63, 3.8) is 0 Å². The van der Waals surface area contributed by atoms with E-state index in [0.29, 0.717) is 23.7 Å². The predicted octanol–water partition coefficient (Wildman–Crippen LogP) is 0.0310. The van der Waals surface area contributed by atoms with Crippen molar-refractivity contribution in [1.82, 2.24) is 0 Å². The Morgan fingerprint density at radius 3 is 2.69 bits per heavy atom. The van der Waals surface area contributed by atoms with Gasteiger partial charge in [0.2, 0.25) is 0 Å². The molecule has 4 heteroatoms. The lowest BCUT2D eigenvalue weighted by molar-refractivity contribution is -0.858. The van der Waals surface area contributed by atoms with Gasteiger partial charge in [0, 0.05) is 0 Å². The van der Waals surface area contributed by atoms with Crippen molar-refractivity contribution in [2.24, 2.45) is 0 Å². The minimum absolute atomic E-state index is 0.521. The highest BCUT2D eigenvalue weighted by Crippen LogP contribution is 2.29. The summed E-state index contributed by atoms with van der Waals surface area (Å²) < 4.78 is 10.7. The molecule has 0 fully saturated rings. The van der Waals surface area contributed by atoms with Gasteiger partial charge in [-0.2, -0.15) is 0 Å². The summed E-state index contributed by atoms with van der Waals surface area (Å²) >= 11 is 0. The van der Waals surface area contributed by atoms with Crippen molar-refractivity contribution in [3.05, 3.63) is 23.8 Å². The van der Waals surface area contributed by atoms with Crippen LogP contribution in [0.25, 0.3) is 0 Å². The topological polar surface area (TPSA) is 40.0 Å². The fourth-order valence-electron chi connectivity index (χ4n) is 1.30. The van der Waals surface area contributed by atoms with Crippen LogP contribution in [0.3, 0.4) is 0 Å². The molecule has 4 nitrogen and oxygen atoms in total. The second kappa shape index (κ2) is 6.12. The largest absolute Gasteiger partial charge is 0.493 e. The van der Waals surface area contributed by atoms with Crippen LogP contribution >= 0.6 is 0 Å². The number of benzene rings is 1. The van der Waals surface area contributed by atoms with E-state index in [-0.39, 0.29) is 0 Å². The van der Waals surface area contributed by atoms with Crippen molar-refractivity contribution in [2.75, 3.05) is 34.4 Å². The lowest BCUT2D eigenvalue weighted by Gasteiger charge is -2.13. The first-order valence-corrected chi connectivity index (χ1v) is 5.23. The molecule has 1 rings (SSSR count). The molecular weight excluding hydrogens is 206 g/mol. The molecule has 0 aliphatic carbocycles. The van der Waals surface area contributed by atoms with Crippen LogP contribution in [-0.2, 0) is 0 Å². The number of ether oxygens (including phenoxy) is 2. The number of methoxy groups -OCH3 is 1. The zero-order chi connectivity index (χ0) is 12.0. The van der Waals surface area contributed by atoms with Crippen molar-refractivity contribution in [1.29, 1.82) is 0 Å². The Labute approximate surface area is 95.8 Å². The van der Waals surface area contributed by atoms with E-state index in [1.54, 1.807) is 25.3 Å². The van der Waals surface area contributed by atoms with E-state index in [4.69, 9.17) is 9.47 Å². The molecule has 0 aliphatic rings. The predicted molar refractivity (Wildman–Crippen MR) is 61.6 cm³/mol. The highest BCUT2D eigenvalue weighted by atomic mass is 16.5. The summed E-state index contributed by atoms with van der Waals surface area (Å²) in [5.41, 5.74) is 0.521. The SMILES string of the molecule is COc1cccc(C=O)c1OCC[NH+](C)C. The Kier molecular flexibility index (Phi) is 4.79. The first-order chi connectivity index (χ1) is 7.69. The molecule has 0 saturated heterocycles. The number of carbonyl (C=O) groups is 1. The van der Waals surface area contributed by atoms with E-state index >= 15 is 0 Å². The molecule has 0 heterocycles. The molecule has 0 amide bonds. The van der Waals surface area contributed by atoms with E-state index in [1.807, 2.05) is 14.1 Å². The molecule has 0 aromatic heterocycles. The monoisotopic (exact) mass is 224 g/mol. The molecule has 0 atom stereocenters. The highest BCUT2D eigenvalue weighted by Gasteiger charge is 2.10. The van der Waals surface area contributed by atoms with Crippen molar-refractivity contribution >= 4 is 6.29 Å². The fourth-order valence-corrected chi connectivity index (χ4v) is 1.30. The molecule has 0 saturated carbocycles. The Bertz CT molecular complexity index is 350. The number of rotatable bonds is 6. The summed E-state index contributed by atoms with van der Waals surface area (Å²) in [6.07, 6.45) is 0.778. The maximum Gasteiger partial charge on any atom is 0.171 e. The third-order valence-electron chi connectivity index (χ3n) is 2.20. The van der Waals surface area contributed by atoms with Gasteiger partial charge >= 0.3 is 0 Å². The average molecular weight is 224 g/mol. The highest BCUT2D eigenvalue weighted by molar-refractivity contribution is 5.81. The Hall–Kier alpha value is -1.55. The van der Waals surface area contributed by atoms with Gasteiger partial charge in [-0.25, -0.2) is 0 Å². The second-order valence-electron chi connectivity index (χ2n) is 3.80. The third kappa shape index (κ3) is 3.24. The van der Waals surface area contributed by atoms with E-state index in [1.165, 1.54) is 4.90 Å². The van der Waals surface area contributed by atoms with E-state index in [2.05, 4.69) is 0 Å². The summed E-state index contributed by atoms with van der Waals surface area (Å²) in [6, 6.07) is 5.27. The maximum atomic E-state index is 10.9. The summed E-state index contributed by atoms with van der Waals surface area (Å²) in [4.78, 5) is 12.1. The number of hydrogen-bond donors (Lipinski definition) is 1. The molecule has 1 N–H and O–H groups in total. The van der Waals surface area contributed by atoms with Gasteiger partial charge in [-0.1, -0.05) is 6.07 Å². The van der Waals surface area contributed by atoms with Gasteiger partial charge in [0.05, 0.1) is 26.8 Å². The van der Waals surface area contributed by atoms with Crippen LogP contribution in [-0.4, -0.2) is 40.6 Å². The molecule has 0 aliphatic heterocycles. The van der Waals surface area contributed by atoms with Gasteiger partial charge in [0.25, 0.3) is 0 Å². The number of likely N-dealkylation sites (N-methyl/N-ethyl adjacent to an activating group) is 1. The van der Waals surface area contributed by atoms with Crippen molar-refractivity contribution in [3.8, 4) is 11.5 Å². The molecule has 1 aromatic rings. The number of hydrogen-bond acceptors (Lipinski definition) is 3. The summed E-state index contributed by atoms with van der Waals surface area (Å²) in [7, 11) is 5.66. The van der Waals surface area contributed by atoms with Crippen LogP contribution in [0.2, 0.25) is 0 Å². The minimum atomic E-state index is 0.521. The fraction of sp³-hybridized carbons (Fsp3) is 0.417. The molecule has 1 aromatic carbocycles. The minimum Gasteiger partial charge on any atom is -0.493 e. The van der Waals surface area contributed by atoms with Gasteiger partial charge in [0.1, 0.15) is 13.2 Å². The Morgan fingerprint density at radius 2 is 2.12 bits per heavy atom. The quantitative estimate of drug-likeness (QED) is 0.693. The van der Waals surface area contributed by atoms with Gasteiger partial charge in [0.15, 0.2) is 17.8 Å². The first-order valence-electron chi connectivity index (χ1n) is 5.23. The van der Waals surface area contributed by atoms with E-state index < -0.39 is 0 Å². The van der Waals surface area contributed by atoms with Gasteiger partial charge in [-0.15, -0.1) is 0 Å². The van der Waals surface area contributed by atoms with E-state index in [0.717, 1.165) is 12.8 Å². The summed E-state index contributed by atoms with van der Waals surface area (Å²) in [5.74, 6) is 1.12. The zero-order valence-corrected chi connectivity index (χ0v) is 9.95. The lowest BCUT2D eigenvalue weighted by Crippen LogP contribution is -3.06. The van der Waals surface area contributed by atoms with Crippen molar-refractivity contribution in [2.45, 2.75) is 0 Å². The van der Waals surface area contributed by atoms with E-state index in [9.17, 15) is 4.79 Å². The van der Waals surface area contributed by atoms with Crippen LogP contribution in [0.4, 0.5) is 0 Å². The number of quaternary nitrogens is 1. The smallest absolute Gasteiger partial charge is 0.171 e. The van der Waals surface area contributed by atoms with Crippen LogP contribution in [0.5, 0.6) is 11.5 Å². The molecule has 0 spiro atoms. The Balaban J connectivity index is 2.78. The first kappa shape index (κ1) is 12.5.